The number of carbonyl (C=O) groups is 2. The Morgan fingerprint density at radius 2 is 1.64 bits per heavy atom. The number of nitrogens with one attached hydrogen (secondary N) is 1. The summed E-state index contributed by atoms with van der Waals surface area (Å²) in [4.78, 5) is 28.3. The molecule has 208 valence electrons. The minimum absolute atomic E-state index is 0.00286. The van der Waals surface area contributed by atoms with Crippen LogP contribution in [-0.2, 0) is 26.2 Å². The number of nitrogens with zero attached hydrogens (tertiary/aromatic N) is 2. The molecule has 3 aromatic carbocycles. The minimum Gasteiger partial charge on any atom is -0.354 e. The number of sulfonamides is 1. The van der Waals surface area contributed by atoms with E-state index in [1.807, 2.05) is 44.2 Å². The first-order chi connectivity index (χ1) is 18.5. The van der Waals surface area contributed by atoms with Crippen molar-refractivity contribution in [1.82, 2.24) is 10.2 Å². The number of hydrogen-bond acceptors (Lipinski definition) is 4. The van der Waals surface area contributed by atoms with Gasteiger partial charge < -0.3 is 10.2 Å². The molecule has 7 nitrogen and oxygen atoms in total. The van der Waals surface area contributed by atoms with Crippen LogP contribution >= 0.6 is 23.2 Å². The molecule has 0 heterocycles. The molecule has 10 heteroatoms. The van der Waals surface area contributed by atoms with Crippen LogP contribution in [0.1, 0.15) is 37.8 Å². The lowest BCUT2D eigenvalue weighted by Gasteiger charge is -2.32. The van der Waals surface area contributed by atoms with Crippen molar-refractivity contribution < 1.29 is 18.0 Å². The average Bonchev–Trinajstić information content (AvgIpc) is 2.92. The van der Waals surface area contributed by atoms with E-state index in [1.54, 1.807) is 19.1 Å². The number of hydrogen-bond donors (Lipinski definition) is 1. The van der Waals surface area contributed by atoms with Crippen molar-refractivity contribution in [2.24, 2.45) is 0 Å². The first-order valence-corrected chi connectivity index (χ1v) is 14.9. The van der Waals surface area contributed by atoms with E-state index in [0.717, 1.165) is 28.3 Å². The average molecular weight is 591 g/mol. The number of amides is 2. The fourth-order valence-electron chi connectivity index (χ4n) is 3.93. The predicted molar refractivity (Wildman–Crippen MR) is 157 cm³/mol. The number of rotatable bonds is 12. The second kappa shape index (κ2) is 13.8. The lowest BCUT2D eigenvalue weighted by molar-refractivity contribution is -0.139. The van der Waals surface area contributed by atoms with Crippen LogP contribution in [0.3, 0.4) is 0 Å². The fraction of sp³-hybridized carbons (Fsp3) is 0.310. The highest BCUT2D eigenvalue weighted by atomic mass is 35.5. The van der Waals surface area contributed by atoms with Gasteiger partial charge in [0.2, 0.25) is 11.8 Å². The Morgan fingerprint density at radius 3 is 2.28 bits per heavy atom. The highest BCUT2D eigenvalue weighted by Gasteiger charge is 2.33. The normalized spacial score (nSPS) is 12.0. The largest absolute Gasteiger partial charge is 0.354 e. The number of halogens is 2. The lowest BCUT2D eigenvalue weighted by atomic mass is 10.1. The van der Waals surface area contributed by atoms with Crippen molar-refractivity contribution in [2.45, 2.75) is 51.1 Å². The van der Waals surface area contributed by atoms with E-state index in [2.05, 4.69) is 5.32 Å². The molecule has 39 heavy (non-hydrogen) atoms. The number of aryl methyl sites for hydroxylation is 1. The van der Waals surface area contributed by atoms with Crippen molar-refractivity contribution in [2.75, 3.05) is 17.4 Å². The quantitative estimate of drug-likeness (QED) is 0.269. The van der Waals surface area contributed by atoms with E-state index in [1.165, 1.54) is 35.2 Å². The molecule has 3 rings (SSSR count). The van der Waals surface area contributed by atoms with Gasteiger partial charge in [-0.05, 0) is 56.2 Å². The maximum Gasteiger partial charge on any atom is 0.264 e. The Kier molecular flexibility index (Phi) is 10.8. The van der Waals surface area contributed by atoms with E-state index in [9.17, 15) is 18.0 Å². The van der Waals surface area contributed by atoms with Crippen molar-refractivity contribution >= 4 is 50.7 Å². The molecule has 0 spiro atoms. The molecule has 1 N–H and O–H groups in total. The molecular formula is C29H33Cl2N3O4S. The van der Waals surface area contributed by atoms with Gasteiger partial charge in [0.25, 0.3) is 10.0 Å². The van der Waals surface area contributed by atoms with Crippen LogP contribution in [0.5, 0.6) is 0 Å². The molecule has 0 saturated heterocycles. The van der Waals surface area contributed by atoms with Crippen LogP contribution in [0.15, 0.2) is 77.7 Å². The van der Waals surface area contributed by atoms with E-state index in [4.69, 9.17) is 23.2 Å². The highest BCUT2D eigenvalue weighted by molar-refractivity contribution is 7.92. The topological polar surface area (TPSA) is 86.8 Å². The van der Waals surface area contributed by atoms with Gasteiger partial charge in [-0.3, -0.25) is 13.9 Å². The number of carbonyl (C=O) groups excluding carboxylic acids is 2. The van der Waals surface area contributed by atoms with Crippen LogP contribution in [0.4, 0.5) is 5.69 Å². The van der Waals surface area contributed by atoms with E-state index < -0.39 is 28.5 Å². The summed E-state index contributed by atoms with van der Waals surface area (Å²) in [6, 6.07) is 19.1. The van der Waals surface area contributed by atoms with Crippen molar-refractivity contribution in [3.8, 4) is 0 Å². The van der Waals surface area contributed by atoms with Gasteiger partial charge in [-0.15, -0.1) is 0 Å². The van der Waals surface area contributed by atoms with Gasteiger partial charge in [-0.25, -0.2) is 8.42 Å². The third-order valence-corrected chi connectivity index (χ3v) is 8.59. The smallest absolute Gasteiger partial charge is 0.264 e. The second-order valence-electron chi connectivity index (χ2n) is 9.25. The summed E-state index contributed by atoms with van der Waals surface area (Å²) in [5, 5.41) is 3.24. The maximum atomic E-state index is 13.9. The third kappa shape index (κ3) is 7.97. The van der Waals surface area contributed by atoms with Crippen LogP contribution in [0.25, 0.3) is 0 Å². The molecule has 0 bridgehead atoms. The van der Waals surface area contributed by atoms with Crippen molar-refractivity contribution in [1.29, 1.82) is 0 Å². The molecular weight excluding hydrogens is 557 g/mol. The molecule has 0 radical (unpaired) electrons. The molecule has 0 aromatic heterocycles. The van der Waals surface area contributed by atoms with Crippen molar-refractivity contribution in [3.05, 3.63) is 94.0 Å². The molecule has 1 atom stereocenters. The number of unbranched alkanes of at least 4 members (excludes halogenated alkanes) is 1. The molecule has 0 aliphatic heterocycles. The summed E-state index contributed by atoms with van der Waals surface area (Å²) < 4.78 is 28.7. The zero-order valence-electron chi connectivity index (χ0n) is 22.2. The summed E-state index contributed by atoms with van der Waals surface area (Å²) in [5.74, 6) is -0.884. The number of benzene rings is 3. The van der Waals surface area contributed by atoms with E-state index in [-0.39, 0.29) is 33.1 Å². The van der Waals surface area contributed by atoms with Crippen LogP contribution in [0, 0.1) is 6.92 Å². The predicted octanol–water partition coefficient (Wildman–Crippen LogP) is 5.83. The van der Waals surface area contributed by atoms with Crippen molar-refractivity contribution in [3.63, 3.8) is 0 Å². The lowest BCUT2D eigenvalue weighted by Crippen LogP contribution is -2.51. The first kappa shape index (κ1) is 30.5. The first-order valence-electron chi connectivity index (χ1n) is 12.7. The molecule has 0 aliphatic rings. The number of anilines is 1. The van der Waals surface area contributed by atoms with Crippen LogP contribution < -0.4 is 9.62 Å². The van der Waals surface area contributed by atoms with Gasteiger partial charge in [0.05, 0.1) is 15.6 Å². The SMILES string of the molecule is CCCCNC(=O)C(C)N(Cc1ccccc1)C(=O)CN(c1cc(Cl)ccc1Cl)S(=O)(=O)c1ccc(C)cc1. The Morgan fingerprint density at radius 1 is 0.974 bits per heavy atom. The summed E-state index contributed by atoms with van der Waals surface area (Å²) in [6.45, 7) is 5.51. The highest BCUT2D eigenvalue weighted by Crippen LogP contribution is 2.33. The Balaban J connectivity index is 2.03. The van der Waals surface area contributed by atoms with E-state index >= 15 is 0 Å². The molecule has 0 saturated carbocycles. The van der Waals surface area contributed by atoms with Gasteiger partial charge in [0, 0.05) is 18.1 Å². The third-order valence-electron chi connectivity index (χ3n) is 6.26. The fourth-order valence-corrected chi connectivity index (χ4v) is 5.79. The molecule has 0 fully saturated rings. The van der Waals surface area contributed by atoms with Gasteiger partial charge in [-0.2, -0.15) is 0 Å². The Bertz CT molecular complexity index is 1380. The Labute approximate surface area is 240 Å². The minimum atomic E-state index is -4.23. The summed E-state index contributed by atoms with van der Waals surface area (Å²) in [5.41, 5.74) is 1.75. The van der Waals surface area contributed by atoms with Gasteiger partial charge in [-0.1, -0.05) is 84.6 Å². The summed E-state index contributed by atoms with van der Waals surface area (Å²) in [7, 11) is -4.23. The van der Waals surface area contributed by atoms with Gasteiger partial charge in [0.15, 0.2) is 0 Å². The molecule has 0 aliphatic carbocycles. The maximum absolute atomic E-state index is 13.9. The molecule has 1 unspecified atom stereocenters. The monoisotopic (exact) mass is 589 g/mol. The standard InChI is InChI=1S/C29H33Cl2N3O4S/c1-4-5-17-32-29(36)22(3)33(19-23-9-7-6-8-10-23)28(35)20-34(27-18-24(30)13-16-26(27)31)39(37,38)25-14-11-21(2)12-15-25/h6-16,18,22H,4-5,17,19-20H2,1-3H3,(H,32,36). The zero-order chi connectivity index (χ0) is 28.6. The summed E-state index contributed by atoms with van der Waals surface area (Å²) in [6.07, 6.45) is 1.72. The van der Waals surface area contributed by atoms with E-state index in [0.29, 0.717) is 6.54 Å². The Hall–Kier alpha value is -3.07. The molecule has 2 amide bonds. The zero-order valence-corrected chi connectivity index (χ0v) is 24.6. The summed E-state index contributed by atoms with van der Waals surface area (Å²) >= 11 is 12.6. The molecule has 3 aromatic rings. The van der Waals surface area contributed by atoms with Crippen LogP contribution in [-0.4, -0.2) is 44.3 Å². The second-order valence-corrected chi connectivity index (χ2v) is 12.0. The van der Waals surface area contributed by atoms with Gasteiger partial charge >= 0.3 is 0 Å². The van der Waals surface area contributed by atoms with Crippen LogP contribution in [0.2, 0.25) is 10.0 Å². The van der Waals surface area contributed by atoms with Gasteiger partial charge in [0.1, 0.15) is 12.6 Å².